The van der Waals surface area contributed by atoms with E-state index in [2.05, 4.69) is 33.8 Å². The van der Waals surface area contributed by atoms with E-state index in [0.29, 0.717) is 0 Å². The standard InChI is InChI=1S/C10H15N5O10P2.C3H4N2/c11-8-5-9(13-2-12-8)15(3-14-5)10-7(17)6(16)4(24-10)1-23-27(21,22)25-26(18,19)20;1-2-5-3-4-1/h2-4,6-7,10,16-17H,1H2,(H,21,22)(H2,11,12,13)(H2,18,19,20);1-3H,(H,4,5)/t4-,6-,7-,10-;/m1./s1. The maximum Gasteiger partial charge on any atom is 0.481 e. The minimum atomic E-state index is -5.29. The highest BCUT2D eigenvalue weighted by atomic mass is 31.3. The van der Waals surface area contributed by atoms with Gasteiger partial charge in [-0.2, -0.15) is 4.31 Å². The molecule has 0 aliphatic carbocycles. The molecule has 17 nitrogen and oxygen atoms in total. The SMILES string of the molecule is Nc1ncnc2c1ncn2[C@@H]1O[C@H](COP(=O)(O)OP(=O)(O)O)[C@@H](O)[C@H]1O.c1c[nH]cn1. The smallest absolute Gasteiger partial charge is 0.387 e. The van der Waals surface area contributed by atoms with Crippen LogP contribution in [0.5, 0.6) is 0 Å². The Morgan fingerprint density at radius 3 is 2.53 bits per heavy atom. The van der Waals surface area contributed by atoms with E-state index in [0.717, 1.165) is 6.33 Å². The van der Waals surface area contributed by atoms with Crippen LogP contribution in [-0.2, 0) is 22.7 Å². The van der Waals surface area contributed by atoms with Crippen LogP contribution in [0.3, 0.4) is 0 Å². The molecule has 3 aromatic heterocycles. The fourth-order valence-electron chi connectivity index (χ4n) is 2.69. The molecule has 3 aromatic rings. The van der Waals surface area contributed by atoms with E-state index in [-0.39, 0.29) is 17.0 Å². The maximum absolute atomic E-state index is 11.5. The van der Waals surface area contributed by atoms with Gasteiger partial charge in [0.2, 0.25) is 0 Å². The molecule has 1 aliphatic heterocycles. The number of nitrogens with zero attached hydrogens (tertiary/aromatic N) is 5. The number of H-pyrrole nitrogens is 1. The molecule has 0 radical (unpaired) electrons. The zero-order chi connectivity index (χ0) is 23.5. The van der Waals surface area contributed by atoms with Crippen molar-refractivity contribution < 1.29 is 47.6 Å². The van der Waals surface area contributed by atoms with Crippen LogP contribution in [0.2, 0.25) is 0 Å². The molecular weight excluding hydrogens is 476 g/mol. The minimum Gasteiger partial charge on any atom is -0.387 e. The zero-order valence-electron chi connectivity index (χ0n) is 15.9. The number of nitrogens with one attached hydrogen (secondary N) is 1. The van der Waals surface area contributed by atoms with Crippen molar-refractivity contribution in [1.29, 1.82) is 0 Å². The van der Waals surface area contributed by atoms with Gasteiger partial charge < -0.3 is 40.3 Å². The van der Waals surface area contributed by atoms with Gasteiger partial charge in [0.15, 0.2) is 17.7 Å². The first kappa shape index (κ1) is 24.3. The molecule has 0 spiro atoms. The van der Waals surface area contributed by atoms with Crippen LogP contribution < -0.4 is 5.73 Å². The molecule has 8 N–H and O–H groups in total. The molecule has 4 heterocycles. The molecule has 0 aromatic carbocycles. The van der Waals surface area contributed by atoms with Crippen LogP contribution in [0.15, 0.2) is 31.4 Å². The number of nitrogens with two attached hydrogens (primary N) is 1. The Hall–Kier alpha value is -2.30. The van der Waals surface area contributed by atoms with Gasteiger partial charge in [-0.05, 0) is 0 Å². The number of aromatic amines is 1. The fraction of sp³-hybridized carbons (Fsp3) is 0.385. The molecule has 0 saturated carbocycles. The van der Waals surface area contributed by atoms with E-state index >= 15 is 0 Å². The van der Waals surface area contributed by atoms with Crippen LogP contribution in [-0.4, -0.2) is 79.3 Å². The summed E-state index contributed by atoms with van der Waals surface area (Å²) in [7, 11) is -10.4. The van der Waals surface area contributed by atoms with E-state index in [4.69, 9.17) is 20.3 Å². The average molecular weight is 495 g/mol. The predicted octanol–water partition coefficient (Wildman–Crippen LogP) is -1.34. The average Bonchev–Trinajstić information content (AvgIpc) is 3.43. The van der Waals surface area contributed by atoms with Crippen LogP contribution in [0.1, 0.15) is 6.23 Å². The van der Waals surface area contributed by atoms with Crippen molar-refractivity contribution in [2.24, 2.45) is 0 Å². The molecule has 1 fully saturated rings. The maximum atomic E-state index is 11.5. The zero-order valence-corrected chi connectivity index (χ0v) is 17.7. The van der Waals surface area contributed by atoms with Crippen LogP contribution in [0, 0.1) is 0 Å². The third-order valence-corrected chi connectivity index (χ3v) is 6.17. The van der Waals surface area contributed by atoms with E-state index < -0.39 is 46.8 Å². The molecule has 19 heteroatoms. The normalized spacial score (nSPS) is 25.3. The highest BCUT2D eigenvalue weighted by Gasteiger charge is 2.46. The Morgan fingerprint density at radius 2 is 1.94 bits per heavy atom. The summed E-state index contributed by atoms with van der Waals surface area (Å²) >= 11 is 0. The Kier molecular flexibility index (Phi) is 7.36. The van der Waals surface area contributed by atoms with Crippen LogP contribution >= 0.6 is 15.6 Å². The molecule has 32 heavy (non-hydrogen) atoms. The number of hydrogen-bond acceptors (Lipinski definition) is 12. The van der Waals surface area contributed by atoms with E-state index in [9.17, 15) is 24.2 Å². The first-order chi connectivity index (χ1) is 15.0. The second kappa shape index (κ2) is 9.68. The van der Waals surface area contributed by atoms with Crippen molar-refractivity contribution in [2.75, 3.05) is 12.3 Å². The van der Waals surface area contributed by atoms with Gasteiger partial charge in [0.05, 0.1) is 19.3 Å². The number of ether oxygens (including phenoxy) is 1. The lowest BCUT2D eigenvalue weighted by atomic mass is 10.1. The lowest BCUT2D eigenvalue weighted by Crippen LogP contribution is -2.33. The van der Waals surface area contributed by atoms with Crippen molar-refractivity contribution in [2.45, 2.75) is 24.5 Å². The van der Waals surface area contributed by atoms with Gasteiger partial charge in [0.1, 0.15) is 30.2 Å². The third kappa shape index (κ3) is 5.93. The summed E-state index contributed by atoms with van der Waals surface area (Å²) in [4.78, 5) is 44.5. The second-order valence-corrected chi connectivity index (χ2v) is 9.06. The number of rotatable bonds is 6. The van der Waals surface area contributed by atoms with Gasteiger partial charge in [-0.3, -0.25) is 9.09 Å². The molecule has 5 atom stereocenters. The highest BCUT2D eigenvalue weighted by Crippen LogP contribution is 2.57. The van der Waals surface area contributed by atoms with Crippen molar-refractivity contribution in [3.8, 4) is 0 Å². The molecule has 1 saturated heterocycles. The summed E-state index contributed by atoms with van der Waals surface area (Å²) in [5.41, 5.74) is 6.11. The van der Waals surface area contributed by atoms with Gasteiger partial charge >= 0.3 is 15.6 Å². The summed E-state index contributed by atoms with van der Waals surface area (Å²) < 4.78 is 36.8. The van der Waals surface area contributed by atoms with Gasteiger partial charge in [0, 0.05) is 12.4 Å². The van der Waals surface area contributed by atoms with Crippen molar-refractivity contribution in [1.82, 2.24) is 29.5 Å². The molecule has 0 amide bonds. The summed E-state index contributed by atoms with van der Waals surface area (Å²) in [5, 5.41) is 20.3. The Bertz CT molecular complexity index is 1100. The van der Waals surface area contributed by atoms with Gasteiger partial charge in [-0.25, -0.2) is 29.1 Å². The van der Waals surface area contributed by atoms with Gasteiger partial charge in [-0.15, -0.1) is 0 Å². The minimum absolute atomic E-state index is 0.0856. The molecular formula is C13H19N7O10P2. The number of aliphatic hydroxyl groups excluding tert-OH is 2. The first-order valence-electron chi connectivity index (χ1n) is 8.60. The Morgan fingerprint density at radius 1 is 1.19 bits per heavy atom. The number of nitrogen functional groups attached to an aromatic ring is 1. The Labute approximate surface area is 178 Å². The number of phosphoric ester groups is 1. The fourth-order valence-corrected chi connectivity index (χ4v) is 4.29. The van der Waals surface area contributed by atoms with E-state index in [1.54, 1.807) is 18.7 Å². The van der Waals surface area contributed by atoms with Crippen LogP contribution in [0.25, 0.3) is 11.2 Å². The van der Waals surface area contributed by atoms with Gasteiger partial charge in [-0.1, -0.05) is 0 Å². The number of aliphatic hydroxyl groups is 2. The number of aromatic nitrogens is 6. The van der Waals surface area contributed by atoms with Crippen molar-refractivity contribution >= 4 is 32.6 Å². The van der Waals surface area contributed by atoms with E-state index in [1.807, 2.05) is 0 Å². The third-order valence-electron chi connectivity index (χ3n) is 4.02. The highest BCUT2D eigenvalue weighted by molar-refractivity contribution is 7.60. The molecule has 1 unspecified atom stereocenters. The summed E-state index contributed by atoms with van der Waals surface area (Å²) in [6, 6.07) is 0. The number of hydrogen-bond donors (Lipinski definition) is 7. The van der Waals surface area contributed by atoms with E-state index in [1.165, 1.54) is 10.9 Å². The van der Waals surface area contributed by atoms with Gasteiger partial charge in [0.25, 0.3) is 0 Å². The number of fused-ring (bicyclic) bond motifs is 1. The monoisotopic (exact) mass is 495 g/mol. The number of phosphoric acid groups is 2. The lowest BCUT2D eigenvalue weighted by Gasteiger charge is -2.17. The summed E-state index contributed by atoms with van der Waals surface area (Å²) in [6.45, 7) is -0.813. The summed E-state index contributed by atoms with van der Waals surface area (Å²) in [6.07, 6.45) is 1.88. The molecule has 0 bridgehead atoms. The summed E-state index contributed by atoms with van der Waals surface area (Å²) in [5.74, 6) is 0.0856. The largest absolute Gasteiger partial charge is 0.481 e. The number of anilines is 1. The van der Waals surface area contributed by atoms with Crippen LogP contribution in [0.4, 0.5) is 5.82 Å². The first-order valence-corrected chi connectivity index (χ1v) is 11.6. The quantitative estimate of drug-likeness (QED) is 0.195. The second-order valence-electron chi connectivity index (χ2n) is 6.23. The molecule has 176 valence electrons. The Balaban J connectivity index is 0.000000509. The number of imidazole rings is 2. The predicted molar refractivity (Wildman–Crippen MR) is 103 cm³/mol. The topological polar surface area (TPSA) is 261 Å². The van der Waals surface area contributed by atoms with Crippen molar-refractivity contribution in [3.63, 3.8) is 0 Å². The van der Waals surface area contributed by atoms with Crippen molar-refractivity contribution in [3.05, 3.63) is 31.4 Å². The molecule has 1 aliphatic rings. The molecule has 4 rings (SSSR count). The lowest BCUT2D eigenvalue weighted by molar-refractivity contribution is -0.0503.